The topological polar surface area (TPSA) is 49.6 Å². The van der Waals surface area contributed by atoms with Crippen LogP contribution in [0.3, 0.4) is 0 Å². The molecule has 0 saturated heterocycles. The van der Waals surface area contributed by atoms with Gasteiger partial charge in [0.2, 0.25) is 0 Å². The number of halogens is 1. The van der Waals surface area contributed by atoms with Gasteiger partial charge in [0.05, 0.1) is 6.26 Å². The minimum atomic E-state index is 0. The standard InChI is InChI=1S/C20H23N3O.HI/c1-21-20(23-13-11-19-7-4-14-24-19)22-12-10-16-8-9-17-5-2-3-6-18(17)15-16;/h2-9,14-15H,10-13H2,1H3,(H2,21,22,23);1H. The number of hydrogen-bond acceptors (Lipinski definition) is 2. The van der Waals surface area contributed by atoms with Crippen LogP contribution in [0, 0.1) is 0 Å². The molecule has 4 nitrogen and oxygen atoms in total. The number of nitrogens with zero attached hydrogens (tertiary/aromatic N) is 1. The van der Waals surface area contributed by atoms with Crippen molar-refractivity contribution in [3.63, 3.8) is 0 Å². The minimum absolute atomic E-state index is 0. The van der Waals surface area contributed by atoms with Crippen molar-refractivity contribution >= 4 is 40.7 Å². The highest BCUT2D eigenvalue weighted by Crippen LogP contribution is 2.15. The number of guanidine groups is 1. The molecule has 0 aliphatic heterocycles. The molecular weight excluding hydrogens is 425 g/mol. The second kappa shape index (κ2) is 10.1. The molecule has 0 saturated carbocycles. The molecule has 0 aliphatic rings. The summed E-state index contributed by atoms with van der Waals surface area (Å²) in [6, 6.07) is 19.0. The molecule has 0 fully saturated rings. The molecule has 0 bridgehead atoms. The van der Waals surface area contributed by atoms with E-state index in [9.17, 15) is 0 Å². The van der Waals surface area contributed by atoms with Crippen LogP contribution in [-0.4, -0.2) is 26.1 Å². The summed E-state index contributed by atoms with van der Waals surface area (Å²) in [5, 5.41) is 9.23. The van der Waals surface area contributed by atoms with Crippen LogP contribution in [0.5, 0.6) is 0 Å². The van der Waals surface area contributed by atoms with E-state index in [1.165, 1.54) is 16.3 Å². The van der Waals surface area contributed by atoms with Gasteiger partial charge in [-0.2, -0.15) is 0 Å². The second-order valence-corrected chi connectivity index (χ2v) is 5.69. The van der Waals surface area contributed by atoms with Crippen LogP contribution in [0.2, 0.25) is 0 Å². The van der Waals surface area contributed by atoms with Crippen LogP contribution in [0.25, 0.3) is 10.8 Å². The number of benzene rings is 2. The van der Waals surface area contributed by atoms with Gasteiger partial charge in [0.15, 0.2) is 5.96 Å². The Morgan fingerprint density at radius 3 is 2.40 bits per heavy atom. The van der Waals surface area contributed by atoms with E-state index in [1.807, 2.05) is 12.1 Å². The van der Waals surface area contributed by atoms with Gasteiger partial charge in [0.25, 0.3) is 0 Å². The summed E-state index contributed by atoms with van der Waals surface area (Å²) in [6.07, 6.45) is 3.51. The van der Waals surface area contributed by atoms with Crippen molar-refractivity contribution in [2.45, 2.75) is 12.8 Å². The van der Waals surface area contributed by atoms with Gasteiger partial charge in [0, 0.05) is 26.6 Å². The van der Waals surface area contributed by atoms with Crippen molar-refractivity contribution in [3.05, 3.63) is 72.2 Å². The Labute approximate surface area is 165 Å². The van der Waals surface area contributed by atoms with Gasteiger partial charge in [-0.15, -0.1) is 24.0 Å². The number of aliphatic imine (C=N–C) groups is 1. The number of nitrogens with one attached hydrogen (secondary N) is 2. The predicted molar refractivity (Wildman–Crippen MR) is 115 cm³/mol. The van der Waals surface area contributed by atoms with E-state index < -0.39 is 0 Å². The van der Waals surface area contributed by atoms with E-state index in [4.69, 9.17) is 4.42 Å². The first-order valence-electron chi connectivity index (χ1n) is 8.30. The SMILES string of the molecule is CN=C(NCCc1ccc2ccccc2c1)NCCc1ccco1.I. The lowest BCUT2D eigenvalue weighted by molar-refractivity contribution is 0.507. The lowest BCUT2D eigenvalue weighted by Crippen LogP contribution is -2.39. The molecule has 3 rings (SSSR count). The average Bonchev–Trinajstić information content (AvgIpc) is 3.13. The number of fused-ring (bicyclic) bond motifs is 1. The van der Waals surface area contributed by atoms with Crippen molar-refractivity contribution in [1.29, 1.82) is 0 Å². The summed E-state index contributed by atoms with van der Waals surface area (Å²) < 4.78 is 5.32. The Morgan fingerprint density at radius 1 is 0.920 bits per heavy atom. The lowest BCUT2D eigenvalue weighted by Gasteiger charge is -2.11. The second-order valence-electron chi connectivity index (χ2n) is 5.69. The molecule has 3 aromatic rings. The summed E-state index contributed by atoms with van der Waals surface area (Å²) in [5.74, 6) is 1.80. The van der Waals surface area contributed by atoms with Crippen LogP contribution in [0.1, 0.15) is 11.3 Å². The normalized spacial score (nSPS) is 11.2. The van der Waals surface area contributed by atoms with E-state index in [-0.39, 0.29) is 24.0 Å². The van der Waals surface area contributed by atoms with Crippen LogP contribution in [0.15, 0.2) is 70.3 Å². The zero-order valence-electron chi connectivity index (χ0n) is 14.4. The Bertz CT molecular complexity index is 800. The maximum absolute atomic E-state index is 5.32. The summed E-state index contributed by atoms with van der Waals surface area (Å²) in [7, 11) is 1.79. The van der Waals surface area contributed by atoms with Crippen molar-refractivity contribution in [3.8, 4) is 0 Å². The van der Waals surface area contributed by atoms with Crippen LogP contribution in [-0.2, 0) is 12.8 Å². The van der Waals surface area contributed by atoms with Crippen LogP contribution >= 0.6 is 24.0 Å². The molecule has 0 atom stereocenters. The van der Waals surface area contributed by atoms with Gasteiger partial charge < -0.3 is 15.1 Å². The highest BCUT2D eigenvalue weighted by molar-refractivity contribution is 14.0. The first-order valence-corrected chi connectivity index (χ1v) is 8.30. The number of furan rings is 1. The summed E-state index contributed by atoms with van der Waals surface area (Å²) in [6.45, 7) is 1.64. The Hall–Kier alpha value is -2.02. The quantitative estimate of drug-likeness (QED) is 0.340. The third kappa shape index (κ3) is 5.77. The molecule has 132 valence electrons. The molecular formula is C20H24IN3O. The maximum Gasteiger partial charge on any atom is 0.191 e. The van der Waals surface area contributed by atoms with Gasteiger partial charge >= 0.3 is 0 Å². The first kappa shape index (κ1) is 19.3. The zero-order valence-corrected chi connectivity index (χ0v) is 16.7. The van der Waals surface area contributed by atoms with Gasteiger partial charge in [0.1, 0.15) is 5.76 Å². The molecule has 2 aromatic carbocycles. The Kier molecular flexibility index (Phi) is 7.78. The van der Waals surface area contributed by atoms with E-state index >= 15 is 0 Å². The van der Waals surface area contributed by atoms with Crippen molar-refractivity contribution in [1.82, 2.24) is 10.6 Å². The van der Waals surface area contributed by atoms with E-state index in [0.29, 0.717) is 0 Å². The van der Waals surface area contributed by atoms with Crippen molar-refractivity contribution in [2.24, 2.45) is 4.99 Å². The fourth-order valence-electron chi connectivity index (χ4n) is 2.70. The Morgan fingerprint density at radius 2 is 1.68 bits per heavy atom. The Balaban J connectivity index is 0.00000225. The largest absolute Gasteiger partial charge is 0.469 e. The molecule has 1 aromatic heterocycles. The van der Waals surface area contributed by atoms with Gasteiger partial charge in [-0.1, -0.05) is 42.5 Å². The van der Waals surface area contributed by atoms with Crippen molar-refractivity contribution < 1.29 is 4.42 Å². The zero-order chi connectivity index (χ0) is 16.6. The van der Waals surface area contributed by atoms with E-state index in [0.717, 1.165) is 37.7 Å². The third-order valence-corrected chi connectivity index (χ3v) is 3.99. The van der Waals surface area contributed by atoms with Gasteiger partial charge in [-0.25, -0.2) is 0 Å². The molecule has 0 spiro atoms. The van der Waals surface area contributed by atoms with Gasteiger partial charge in [-0.05, 0) is 34.9 Å². The molecule has 0 radical (unpaired) electrons. The van der Waals surface area contributed by atoms with E-state index in [1.54, 1.807) is 13.3 Å². The summed E-state index contributed by atoms with van der Waals surface area (Å²) in [4.78, 5) is 4.25. The molecule has 0 aliphatic carbocycles. The summed E-state index contributed by atoms with van der Waals surface area (Å²) >= 11 is 0. The smallest absolute Gasteiger partial charge is 0.191 e. The average molecular weight is 449 g/mol. The monoisotopic (exact) mass is 449 g/mol. The molecule has 0 unspecified atom stereocenters. The minimum Gasteiger partial charge on any atom is -0.469 e. The predicted octanol–water partition coefficient (Wildman–Crippen LogP) is 4.00. The third-order valence-electron chi connectivity index (χ3n) is 3.99. The van der Waals surface area contributed by atoms with E-state index in [2.05, 4.69) is 58.1 Å². The molecule has 25 heavy (non-hydrogen) atoms. The molecule has 2 N–H and O–H groups in total. The lowest BCUT2D eigenvalue weighted by atomic mass is 10.1. The van der Waals surface area contributed by atoms with Crippen LogP contribution in [0.4, 0.5) is 0 Å². The number of hydrogen-bond donors (Lipinski definition) is 2. The highest BCUT2D eigenvalue weighted by Gasteiger charge is 2.00. The van der Waals surface area contributed by atoms with Gasteiger partial charge in [-0.3, -0.25) is 4.99 Å². The molecule has 1 heterocycles. The highest BCUT2D eigenvalue weighted by atomic mass is 127. The van der Waals surface area contributed by atoms with Crippen LogP contribution < -0.4 is 10.6 Å². The molecule has 5 heteroatoms. The van der Waals surface area contributed by atoms with Crippen molar-refractivity contribution in [2.75, 3.05) is 20.1 Å². The number of rotatable bonds is 6. The molecule has 0 amide bonds. The fourth-order valence-corrected chi connectivity index (χ4v) is 2.70. The maximum atomic E-state index is 5.32. The first-order chi connectivity index (χ1) is 11.8. The fraction of sp³-hybridized carbons (Fsp3) is 0.250. The summed E-state index contributed by atoms with van der Waals surface area (Å²) in [5.41, 5.74) is 1.33.